The second-order valence-corrected chi connectivity index (χ2v) is 5.66. The Morgan fingerprint density at radius 2 is 2.05 bits per heavy atom. The SMILES string of the molecule is CN1CCN(c2ccc([N+](=O)[O-])cc2N)CC1(C)C. The summed E-state index contributed by atoms with van der Waals surface area (Å²) in [6.07, 6.45) is 0. The third-order valence-electron chi connectivity index (χ3n) is 3.88. The molecule has 0 saturated carbocycles. The van der Waals surface area contributed by atoms with Gasteiger partial charge in [-0.15, -0.1) is 0 Å². The van der Waals surface area contributed by atoms with E-state index in [0.29, 0.717) is 5.69 Å². The fraction of sp³-hybridized carbons (Fsp3) is 0.538. The number of nitrogens with two attached hydrogens (primary N) is 1. The van der Waals surface area contributed by atoms with Crippen molar-refractivity contribution in [3.05, 3.63) is 28.3 Å². The molecular weight excluding hydrogens is 244 g/mol. The Labute approximate surface area is 112 Å². The Bertz CT molecular complexity index is 501. The first-order chi connectivity index (χ1) is 8.81. The second-order valence-electron chi connectivity index (χ2n) is 5.66. The average Bonchev–Trinajstić information content (AvgIpc) is 2.32. The molecule has 19 heavy (non-hydrogen) atoms. The fourth-order valence-electron chi connectivity index (χ4n) is 2.39. The van der Waals surface area contributed by atoms with Crippen LogP contribution in [0.25, 0.3) is 0 Å². The zero-order valence-electron chi connectivity index (χ0n) is 11.6. The molecule has 0 unspecified atom stereocenters. The van der Waals surface area contributed by atoms with E-state index in [1.807, 2.05) is 0 Å². The number of nitrogen functional groups attached to an aromatic ring is 1. The van der Waals surface area contributed by atoms with Crippen LogP contribution in [0.15, 0.2) is 18.2 Å². The van der Waals surface area contributed by atoms with Crippen LogP contribution in [0.1, 0.15) is 13.8 Å². The molecular formula is C13H20N4O2. The van der Waals surface area contributed by atoms with Crippen LogP contribution in [0, 0.1) is 10.1 Å². The predicted molar refractivity (Wildman–Crippen MR) is 76.4 cm³/mol. The van der Waals surface area contributed by atoms with Crippen molar-refractivity contribution in [3.8, 4) is 0 Å². The standard InChI is InChI=1S/C13H20N4O2/c1-13(2)9-16(7-6-15(13)3)12-5-4-10(17(18)19)8-11(12)14/h4-5,8H,6-7,9,14H2,1-3H3. The highest BCUT2D eigenvalue weighted by Crippen LogP contribution is 2.31. The number of hydrogen-bond donors (Lipinski definition) is 1. The van der Waals surface area contributed by atoms with Crippen LogP contribution >= 0.6 is 0 Å². The summed E-state index contributed by atoms with van der Waals surface area (Å²) in [6, 6.07) is 4.69. The third-order valence-corrected chi connectivity index (χ3v) is 3.88. The van der Waals surface area contributed by atoms with E-state index in [1.165, 1.54) is 12.1 Å². The summed E-state index contributed by atoms with van der Waals surface area (Å²) >= 11 is 0. The highest BCUT2D eigenvalue weighted by Gasteiger charge is 2.31. The zero-order valence-corrected chi connectivity index (χ0v) is 11.6. The van der Waals surface area contributed by atoms with Crippen molar-refractivity contribution < 1.29 is 4.92 Å². The highest BCUT2D eigenvalue weighted by molar-refractivity contribution is 5.71. The molecule has 0 aliphatic carbocycles. The number of nitro benzene ring substituents is 1. The van der Waals surface area contributed by atoms with Crippen molar-refractivity contribution in [2.24, 2.45) is 0 Å². The van der Waals surface area contributed by atoms with E-state index in [0.717, 1.165) is 25.3 Å². The largest absolute Gasteiger partial charge is 0.397 e. The number of likely N-dealkylation sites (N-methyl/N-ethyl adjacent to an activating group) is 1. The molecule has 1 fully saturated rings. The number of nitro groups is 1. The lowest BCUT2D eigenvalue weighted by molar-refractivity contribution is -0.384. The van der Waals surface area contributed by atoms with E-state index in [9.17, 15) is 10.1 Å². The van der Waals surface area contributed by atoms with Gasteiger partial charge in [0.2, 0.25) is 0 Å². The lowest BCUT2D eigenvalue weighted by Crippen LogP contribution is -2.57. The predicted octanol–water partition coefficient (Wildman–Crippen LogP) is 1.71. The quantitative estimate of drug-likeness (QED) is 0.500. The summed E-state index contributed by atoms with van der Waals surface area (Å²) in [5.41, 5.74) is 7.40. The molecule has 1 aliphatic rings. The van der Waals surface area contributed by atoms with E-state index in [1.54, 1.807) is 6.07 Å². The number of rotatable bonds is 2. The van der Waals surface area contributed by atoms with Crippen molar-refractivity contribution >= 4 is 17.1 Å². The zero-order chi connectivity index (χ0) is 14.2. The van der Waals surface area contributed by atoms with Gasteiger partial charge in [0, 0.05) is 37.3 Å². The number of non-ortho nitro benzene ring substituents is 1. The molecule has 0 spiro atoms. The van der Waals surface area contributed by atoms with Gasteiger partial charge in [-0.1, -0.05) is 0 Å². The van der Waals surface area contributed by atoms with Crippen LogP contribution in [0.4, 0.5) is 17.1 Å². The first-order valence-electron chi connectivity index (χ1n) is 6.31. The second kappa shape index (κ2) is 4.70. The number of anilines is 2. The van der Waals surface area contributed by atoms with Crippen LogP contribution < -0.4 is 10.6 Å². The lowest BCUT2D eigenvalue weighted by atomic mass is 9.99. The molecule has 1 saturated heterocycles. The summed E-state index contributed by atoms with van der Waals surface area (Å²) in [7, 11) is 2.11. The molecule has 1 aromatic carbocycles. The molecule has 1 aromatic rings. The van der Waals surface area contributed by atoms with E-state index < -0.39 is 4.92 Å². The van der Waals surface area contributed by atoms with Gasteiger partial charge in [0.15, 0.2) is 0 Å². The van der Waals surface area contributed by atoms with Crippen LogP contribution in [0.5, 0.6) is 0 Å². The summed E-state index contributed by atoms with van der Waals surface area (Å²) in [5.74, 6) is 0. The molecule has 1 aliphatic heterocycles. The maximum atomic E-state index is 10.7. The Balaban J connectivity index is 2.26. The summed E-state index contributed by atoms with van der Waals surface area (Å²) in [4.78, 5) is 14.8. The van der Waals surface area contributed by atoms with E-state index >= 15 is 0 Å². The minimum Gasteiger partial charge on any atom is -0.397 e. The molecule has 2 N–H and O–H groups in total. The summed E-state index contributed by atoms with van der Waals surface area (Å²) in [5, 5.41) is 10.7. The lowest BCUT2D eigenvalue weighted by Gasteiger charge is -2.46. The number of nitrogens with zero attached hydrogens (tertiary/aromatic N) is 3. The molecule has 104 valence electrons. The van der Waals surface area contributed by atoms with E-state index in [2.05, 4.69) is 30.7 Å². The minimum absolute atomic E-state index is 0.0367. The molecule has 0 atom stereocenters. The molecule has 6 heteroatoms. The van der Waals surface area contributed by atoms with Crippen molar-refractivity contribution in [2.75, 3.05) is 37.3 Å². The Kier molecular flexibility index (Phi) is 3.36. The number of benzene rings is 1. The Morgan fingerprint density at radius 3 is 2.58 bits per heavy atom. The van der Waals surface area contributed by atoms with Crippen LogP contribution in [-0.2, 0) is 0 Å². The fourth-order valence-corrected chi connectivity index (χ4v) is 2.39. The molecule has 6 nitrogen and oxygen atoms in total. The van der Waals surface area contributed by atoms with E-state index in [4.69, 9.17) is 5.73 Å². The number of piperazine rings is 1. The van der Waals surface area contributed by atoms with Gasteiger partial charge in [-0.25, -0.2) is 0 Å². The van der Waals surface area contributed by atoms with Gasteiger partial charge >= 0.3 is 0 Å². The third kappa shape index (κ3) is 2.63. The summed E-state index contributed by atoms with van der Waals surface area (Å²) in [6.45, 7) is 7.04. The van der Waals surface area contributed by atoms with E-state index in [-0.39, 0.29) is 11.2 Å². The maximum absolute atomic E-state index is 10.7. The van der Waals surface area contributed by atoms with Gasteiger partial charge in [0.25, 0.3) is 5.69 Å². The van der Waals surface area contributed by atoms with Gasteiger partial charge in [0.05, 0.1) is 16.3 Å². The molecule has 0 amide bonds. The highest BCUT2D eigenvalue weighted by atomic mass is 16.6. The molecule has 2 rings (SSSR count). The topological polar surface area (TPSA) is 75.6 Å². The van der Waals surface area contributed by atoms with Gasteiger partial charge in [-0.05, 0) is 27.0 Å². The minimum atomic E-state index is -0.423. The number of hydrogen-bond acceptors (Lipinski definition) is 5. The monoisotopic (exact) mass is 264 g/mol. The van der Waals surface area contributed by atoms with Crippen molar-refractivity contribution in [2.45, 2.75) is 19.4 Å². The molecule has 0 radical (unpaired) electrons. The van der Waals surface area contributed by atoms with Crippen molar-refractivity contribution in [1.82, 2.24) is 4.90 Å². The van der Waals surface area contributed by atoms with Crippen LogP contribution in [-0.4, -0.2) is 42.0 Å². The van der Waals surface area contributed by atoms with Crippen molar-refractivity contribution in [3.63, 3.8) is 0 Å². The van der Waals surface area contributed by atoms with Gasteiger partial charge < -0.3 is 10.6 Å². The van der Waals surface area contributed by atoms with Gasteiger partial charge in [0.1, 0.15) is 0 Å². The first kappa shape index (κ1) is 13.6. The average molecular weight is 264 g/mol. The Hall–Kier alpha value is -1.82. The van der Waals surface area contributed by atoms with Crippen molar-refractivity contribution in [1.29, 1.82) is 0 Å². The molecule has 0 aromatic heterocycles. The van der Waals surface area contributed by atoms with Gasteiger partial charge in [-0.2, -0.15) is 0 Å². The summed E-state index contributed by atoms with van der Waals surface area (Å²) < 4.78 is 0. The smallest absolute Gasteiger partial charge is 0.271 e. The maximum Gasteiger partial charge on any atom is 0.271 e. The van der Waals surface area contributed by atoms with Gasteiger partial charge in [-0.3, -0.25) is 15.0 Å². The Morgan fingerprint density at radius 1 is 1.37 bits per heavy atom. The molecule has 0 bridgehead atoms. The normalized spacial score (nSPS) is 19.4. The van der Waals surface area contributed by atoms with Crippen LogP contribution in [0.2, 0.25) is 0 Å². The van der Waals surface area contributed by atoms with Crippen LogP contribution in [0.3, 0.4) is 0 Å². The molecule has 1 heterocycles. The first-order valence-corrected chi connectivity index (χ1v) is 6.31.